The van der Waals surface area contributed by atoms with Gasteiger partial charge in [-0.3, -0.25) is 0 Å². The van der Waals surface area contributed by atoms with E-state index in [1.807, 2.05) is 13.0 Å². The molecule has 0 spiro atoms. The summed E-state index contributed by atoms with van der Waals surface area (Å²) in [6.07, 6.45) is 3.20. The molecule has 1 aromatic heterocycles. The predicted molar refractivity (Wildman–Crippen MR) is 82.8 cm³/mol. The van der Waals surface area contributed by atoms with Crippen LogP contribution in [0.5, 0.6) is 17.2 Å². The van der Waals surface area contributed by atoms with Crippen molar-refractivity contribution in [2.45, 2.75) is 6.92 Å². The standard InChI is InChI=1S/C16H18N2O4.ClH/c1-10-9-11(18(3)16(21)17(10)2)5-6-12-13(19)7-8-14(22-4)15(12)20;/h5-9H,1-4H3,(H,19,20);1H. The molecule has 0 radical (unpaired) electrons. The van der Waals surface area contributed by atoms with Gasteiger partial charge in [0.25, 0.3) is 0 Å². The number of aryl methyl sites for hydroxylation is 1. The Balaban J connectivity index is 0.00000264. The van der Waals surface area contributed by atoms with Crippen LogP contribution < -0.4 is 27.4 Å². The summed E-state index contributed by atoms with van der Waals surface area (Å²) >= 11 is 0. The average Bonchev–Trinajstić information content (AvgIpc) is 2.50. The minimum absolute atomic E-state index is 0. The third-order valence-electron chi connectivity index (χ3n) is 3.64. The number of hydrogen-bond donors (Lipinski definition) is 2. The lowest BCUT2D eigenvalue weighted by molar-refractivity contribution is -0.696. The molecule has 1 heterocycles. The second kappa shape index (κ2) is 7.19. The first-order valence-electron chi connectivity index (χ1n) is 6.70. The van der Waals surface area contributed by atoms with Crippen molar-refractivity contribution < 1.29 is 31.9 Å². The Labute approximate surface area is 140 Å². The fraction of sp³-hybridized carbons (Fsp3) is 0.250. The summed E-state index contributed by atoms with van der Waals surface area (Å²) < 4.78 is 8.04. The van der Waals surface area contributed by atoms with E-state index in [9.17, 15) is 15.0 Å². The summed E-state index contributed by atoms with van der Waals surface area (Å²) in [5, 5.41) is 19.9. The number of ether oxygens (including phenoxy) is 1. The molecular weight excluding hydrogens is 320 g/mol. The largest absolute Gasteiger partial charge is 1.00 e. The molecule has 23 heavy (non-hydrogen) atoms. The van der Waals surface area contributed by atoms with Gasteiger partial charge >= 0.3 is 5.69 Å². The van der Waals surface area contributed by atoms with Crippen LogP contribution in [0.3, 0.4) is 0 Å². The molecule has 6 nitrogen and oxygen atoms in total. The lowest BCUT2D eigenvalue weighted by Crippen LogP contribution is -3.00. The maximum Gasteiger partial charge on any atom is 0.498 e. The fourth-order valence-corrected chi connectivity index (χ4v) is 2.13. The number of aromatic nitrogens is 2. The molecule has 1 aromatic carbocycles. The fourth-order valence-electron chi connectivity index (χ4n) is 2.13. The number of rotatable bonds is 3. The molecule has 2 rings (SSSR count). The summed E-state index contributed by atoms with van der Waals surface area (Å²) in [4.78, 5) is 12.0. The quantitative estimate of drug-likeness (QED) is 0.642. The van der Waals surface area contributed by atoms with Crippen LogP contribution in [-0.4, -0.2) is 21.9 Å². The van der Waals surface area contributed by atoms with E-state index in [1.54, 1.807) is 26.2 Å². The van der Waals surface area contributed by atoms with Gasteiger partial charge in [-0.05, 0) is 31.2 Å². The summed E-state index contributed by atoms with van der Waals surface area (Å²) in [5.74, 6) is 0.0432. The maximum atomic E-state index is 12.0. The number of nitrogens with zero attached hydrogens (tertiary/aromatic N) is 2. The van der Waals surface area contributed by atoms with E-state index in [-0.39, 0.29) is 40.9 Å². The molecule has 0 saturated carbocycles. The van der Waals surface area contributed by atoms with Gasteiger partial charge in [-0.25, -0.2) is 0 Å². The Morgan fingerprint density at radius 2 is 1.91 bits per heavy atom. The Kier molecular flexibility index (Phi) is 5.81. The van der Waals surface area contributed by atoms with Gasteiger partial charge in [0, 0.05) is 6.07 Å². The maximum absolute atomic E-state index is 12.0. The van der Waals surface area contributed by atoms with Gasteiger partial charge in [0.1, 0.15) is 17.1 Å². The Morgan fingerprint density at radius 3 is 2.52 bits per heavy atom. The number of phenols is 2. The zero-order chi connectivity index (χ0) is 16.4. The van der Waals surface area contributed by atoms with Crippen LogP contribution in [0.2, 0.25) is 0 Å². The highest BCUT2D eigenvalue weighted by Gasteiger charge is 2.13. The van der Waals surface area contributed by atoms with Crippen LogP contribution >= 0.6 is 0 Å². The highest BCUT2D eigenvalue weighted by Crippen LogP contribution is 2.36. The van der Waals surface area contributed by atoms with Gasteiger partial charge in [0.15, 0.2) is 11.5 Å². The number of phenolic OH excluding ortho intramolecular Hbond substituents is 2. The minimum atomic E-state index is -0.154. The van der Waals surface area contributed by atoms with E-state index in [1.165, 1.54) is 28.4 Å². The van der Waals surface area contributed by atoms with Crippen molar-refractivity contribution in [2.75, 3.05) is 7.11 Å². The normalized spacial score (nSPS) is 10.6. The average molecular weight is 339 g/mol. The zero-order valence-electron chi connectivity index (χ0n) is 13.4. The van der Waals surface area contributed by atoms with Gasteiger partial charge < -0.3 is 27.4 Å². The van der Waals surface area contributed by atoms with E-state index in [4.69, 9.17) is 4.74 Å². The molecule has 2 aromatic rings. The first-order valence-corrected chi connectivity index (χ1v) is 6.70. The second-order valence-electron chi connectivity index (χ2n) is 4.99. The summed E-state index contributed by atoms with van der Waals surface area (Å²) in [6, 6.07) is 4.75. The lowest BCUT2D eigenvalue weighted by atomic mass is 10.1. The summed E-state index contributed by atoms with van der Waals surface area (Å²) in [7, 11) is 4.79. The molecule has 0 fully saturated rings. The van der Waals surface area contributed by atoms with E-state index >= 15 is 0 Å². The van der Waals surface area contributed by atoms with Gasteiger partial charge in [-0.2, -0.15) is 13.9 Å². The molecule has 0 aliphatic carbocycles. The van der Waals surface area contributed by atoms with Crippen molar-refractivity contribution in [3.63, 3.8) is 0 Å². The zero-order valence-corrected chi connectivity index (χ0v) is 14.1. The second-order valence-corrected chi connectivity index (χ2v) is 4.99. The first kappa shape index (κ1) is 18.6. The smallest absolute Gasteiger partial charge is 0.498 e. The minimum Gasteiger partial charge on any atom is -1.00 e. The van der Waals surface area contributed by atoms with E-state index < -0.39 is 0 Å². The molecule has 0 saturated heterocycles. The number of benzene rings is 1. The Bertz CT molecular complexity index is 813. The van der Waals surface area contributed by atoms with Crippen LogP contribution in [0.25, 0.3) is 12.2 Å². The van der Waals surface area contributed by atoms with E-state index in [0.29, 0.717) is 5.69 Å². The third kappa shape index (κ3) is 3.48. The number of aromatic hydroxyl groups is 2. The van der Waals surface area contributed by atoms with Crippen molar-refractivity contribution in [3.05, 3.63) is 45.6 Å². The summed E-state index contributed by atoms with van der Waals surface area (Å²) in [5.41, 5.74) is 1.54. The Morgan fingerprint density at radius 1 is 1.26 bits per heavy atom. The van der Waals surface area contributed by atoms with Crippen LogP contribution in [0.1, 0.15) is 17.0 Å². The molecule has 0 unspecified atom stereocenters. The van der Waals surface area contributed by atoms with Crippen molar-refractivity contribution in [2.24, 2.45) is 14.1 Å². The monoisotopic (exact) mass is 338 g/mol. The van der Waals surface area contributed by atoms with Gasteiger partial charge in [0.05, 0.1) is 26.8 Å². The topological polar surface area (TPSA) is 75.6 Å². The number of halogens is 1. The third-order valence-corrected chi connectivity index (χ3v) is 3.64. The van der Waals surface area contributed by atoms with Gasteiger partial charge in [-0.15, -0.1) is 0 Å². The summed E-state index contributed by atoms with van der Waals surface area (Å²) in [6.45, 7) is 1.83. The Hall–Kier alpha value is -2.47. The SMILES string of the molecule is COc1ccc(O)c(/C=C/c2cc(C)[n+](C)c(=O)n2C)c1O.[Cl-]. The highest BCUT2D eigenvalue weighted by atomic mass is 35.5. The number of hydrogen-bond acceptors (Lipinski definition) is 4. The van der Waals surface area contributed by atoms with Gasteiger partial charge in [0.2, 0.25) is 0 Å². The van der Waals surface area contributed by atoms with Crippen molar-refractivity contribution >= 4 is 12.2 Å². The molecule has 124 valence electrons. The van der Waals surface area contributed by atoms with Crippen LogP contribution in [0, 0.1) is 6.92 Å². The first-order chi connectivity index (χ1) is 10.4. The van der Waals surface area contributed by atoms with E-state index in [0.717, 1.165) is 5.69 Å². The molecule has 7 heteroatoms. The predicted octanol–water partition coefficient (Wildman–Crippen LogP) is -1.89. The van der Waals surface area contributed by atoms with E-state index in [2.05, 4.69) is 0 Å². The van der Waals surface area contributed by atoms with Crippen molar-refractivity contribution in [1.82, 2.24) is 4.57 Å². The molecule has 0 aliphatic rings. The van der Waals surface area contributed by atoms with Crippen LogP contribution in [0.15, 0.2) is 23.0 Å². The van der Waals surface area contributed by atoms with Crippen molar-refractivity contribution in [3.8, 4) is 17.2 Å². The molecule has 2 N–H and O–H groups in total. The van der Waals surface area contributed by atoms with Crippen molar-refractivity contribution in [1.29, 1.82) is 0 Å². The van der Waals surface area contributed by atoms with Gasteiger partial charge in [-0.1, -0.05) is 0 Å². The molecule has 0 aliphatic heterocycles. The highest BCUT2D eigenvalue weighted by molar-refractivity contribution is 5.76. The van der Waals surface area contributed by atoms with Crippen LogP contribution in [0.4, 0.5) is 0 Å². The van der Waals surface area contributed by atoms with Crippen LogP contribution in [-0.2, 0) is 14.1 Å². The lowest BCUT2D eigenvalue weighted by Gasteiger charge is -2.08. The molecule has 0 bridgehead atoms. The molecular formula is C16H19ClN2O4. The molecule has 0 atom stereocenters. The number of methoxy groups -OCH3 is 1. The molecule has 0 amide bonds.